The molecule has 0 spiro atoms. The molecule has 2 rings (SSSR count). The third kappa shape index (κ3) is 6.19. The smallest absolute Gasteiger partial charge is 0.191 e. The Morgan fingerprint density at radius 2 is 2.22 bits per heavy atom. The van der Waals surface area contributed by atoms with E-state index in [-0.39, 0.29) is 24.0 Å². The van der Waals surface area contributed by atoms with Gasteiger partial charge in [0.2, 0.25) is 0 Å². The van der Waals surface area contributed by atoms with Gasteiger partial charge in [-0.2, -0.15) is 0 Å². The van der Waals surface area contributed by atoms with Crippen molar-refractivity contribution in [1.29, 1.82) is 0 Å². The van der Waals surface area contributed by atoms with E-state index in [1.54, 1.807) is 11.3 Å². The van der Waals surface area contributed by atoms with Gasteiger partial charge in [0.15, 0.2) is 5.96 Å². The molecule has 0 aliphatic carbocycles. The molecule has 2 heterocycles. The minimum Gasteiger partial charge on any atom is -0.356 e. The van der Waals surface area contributed by atoms with Crippen molar-refractivity contribution in [2.45, 2.75) is 46.2 Å². The van der Waals surface area contributed by atoms with Gasteiger partial charge in [0, 0.05) is 50.6 Å². The SMILES string of the molecule is CN=C(NCCc1csc(C)n1)NC1CN(C(C)C)CC1C.I. The second-order valence-corrected chi connectivity index (χ2v) is 7.44. The quantitative estimate of drug-likeness (QED) is 0.411. The van der Waals surface area contributed by atoms with Gasteiger partial charge in [-0.1, -0.05) is 6.92 Å². The number of guanidine groups is 1. The summed E-state index contributed by atoms with van der Waals surface area (Å²) in [6, 6.07) is 1.08. The molecule has 0 saturated carbocycles. The van der Waals surface area contributed by atoms with Crippen molar-refractivity contribution in [3.63, 3.8) is 0 Å². The van der Waals surface area contributed by atoms with Crippen molar-refractivity contribution in [2.24, 2.45) is 10.9 Å². The summed E-state index contributed by atoms with van der Waals surface area (Å²) in [5.74, 6) is 1.54. The molecule has 0 bridgehead atoms. The molecule has 1 aromatic rings. The molecule has 5 nitrogen and oxygen atoms in total. The molecule has 0 amide bonds. The summed E-state index contributed by atoms with van der Waals surface area (Å²) in [6.45, 7) is 12.0. The minimum atomic E-state index is 0. The molecule has 2 atom stereocenters. The molecular formula is C16H30IN5S. The number of aryl methyl sites for hydroxylation is 1. The summed E-state index contributed by atoms with van der Waals surface area (Å²) in [5.41, 5.74) is 1.16. The van der Waals surface area contributed by atoms with Crippen molar-refractivity contribution < 1.29 is 0 Å². The van der Waals surface area contributed by atoms with Gasteiger partial charge >= 0.3 is 0 Å². The molecule has 1 aliphatic rings. The first-order chi connectivity index (χ1) is 10.5. The van der Waals surface area contributed by atoms with Crippen molar-refractivity contribution in [2.75, 3.05) is 26.7 Å². The minimum absolute atomic E-state index is 0. The Hall–Kier alpha value is -0.410. The third-order valence-corrected chi connectivity index (χ3v) is 5.08. The lowest BCUT2D eigenvalue weighted by Crippen LogP contribution is -2.47. The maximum atomic E-state index is 4.49. The van der Waals surface area contributed by atoms with E-state index < -0.39 is 0 Å². The van der Waals surface area contributed by atoms with E-state index in [4.69, 9.17) is 0 Å². The molecule has 2 N–H and O–H groups in total. The van der Waals surface area contributed by atoms with E-state index in [1.165, 1.54) is 0 Å². The predicted octanol–water partition coefficient (Wildman–Crippen LogP) is 2.51. The zero-order valence-electron chi connectivity index (χ0n) is 14.8. The molecule has 0 radical (unpaired) electrons. The van der Waals surface area contributed by atoms with Gasteiger partial charge in [0.1, 0.15) is 0 Å². The lowest BCUT2D eigenvalue weighted by Gasteiger charge is -2.21. The van der Waals surface area contributed by atoms with E-state index in [1.807, 2.05) is 14.0 Å². The zero-order chi connectivity index (χ0) is 16.1. The van der Waals surface area contributed by atoms with Crippen LogP contribution >= 0.6 is 35.3 Å². The largest absolute Gasteiger partial charge is 0.356 e. The van der Waals surface area contributed by atoms with Crippen LogP contribution in [0.15, 0.2) is 10.4 Å². The fourth-order valence-electron chi connectivity index (χ4n) is 2.82. The Morgan fingerprint density at radius 3 is 2.74 bits per heavy atom. The lowest BCUT2D eigenvalue weighted by atomic mass is 10.1. The van der Waals surface area contributed by atoms with Crippen molar-refractivity contribution in [3.05, 3.63) is 16.1 Å². The Balaban J connectivity index is 0.00000264. The summed E-state index contributed by atoms with van der Waals surface area (Å²) in [4.78, 5) is 11.4. The third-order valence-electron chi connectivity index (χ3n) is 4.26. The second kappa shape index (κ2) is 9.78. The molecule has 1 aromatic heterocycles. The maximum absolute atomic E-state index is 4.49. The molecule has 23 heavy (non-hydrogen) atoms. The molecule has 1 aliphatic heterocycles. The van der Waals surface area contributed by atoms with Crippen LogP contribution in [0.2, 0.25) is 0 Å². The highest BCUT2D eigenvalue weighted by atomic mass is 127. The average molecular weight is 451 g/mol. The van der Waals surface area contributed by atoms with Crippen LogP contribution in [0.5, 0.6) is 0 Å². The van der Waals surface area contributed by atoms with E-state index >= 15 is 0 Å². The Labute approximate surface area is 161 Å². The first-order valence-corrected chi connectivity index (χ1v) is 8.99. The number of nitrogens with one attached hydrogen (secondary N) is 2. The Kier molecular flexibility index (Phi) is 8.78. The van der Waals surface area contributed by atoms with E-state index in [9.17, 15) is 0 Å². The van der Waals surface area contributed by atoms with Gasteiger partial charge < -0.3 is 10.6 Å². The van der Waals surface area contributed by atoms with E-state index in [0.29, 0.717) is 18.0 Å². The van der Waals surface area contributed by atoms with Crippen LogP contribution in [-0.2, 0) is 6.42 Å². The molecule has 1 saturated heterocycles. The zero-order valence-corrected chi connectivity index (χ0v) is 17.9. The monoisotopic (exact) mass is 451 g/mol. The number of hydrogen-bond acceptors (Lipinski definition) is 4. The van der Waals surface area contributed by atoms with E-state index in [0.717, 1.165) is 42.7 Å². The molecule has 7 heteroatoms. The molecule has 1 fully saturated rings. The first kappa shape index (κ1) is 20.6. The van der Waals surface area contributed by atoms with Crippen LogP contribution in [0.1, 0.15) is 31.5 Å². The number of aromatic nitrogens is 1. The summed E-state index contributed by atoms with van der Waals surface area (Å²) in [6.07, 6.45) is 0.934. The van der Waals surface area contributed by atoms with Crippen molar-refractivity contribution in [3.8, 4) is 0 Å². The van der Waals surface area contributed by atoms with Crippen LogP contribution in [0, 0.1) is 12.8 Å². The predicted molar refractivity (Wildman–Crippen MR) is 110 cm³/mol. The number of halogens is 1. The molecular weight excluding hydrogens is 421 g/mol. The number of nitrogens with zero attached hydrogens (tertiary/aromatic N) is 3. The van der Waals surface area contributed by atoms with Gasteiger partial charge in [-0.3, -0.25) is 9.89 Å². The fraction of sp³-hybridized carbons (Fsp3) is 0.750. The van der Waals surface area contributed by atoms with Gasteiger partial charge in [0.05, 0.1) is 10.7 Å². The van der Waals surface area contributed by atoms with Crippen LogP contribution < -0.4 is 10.6 Å². The van der Waals surface area contributed by atoms with Crippen LogP contribution in [0.3, 0.4) is 0 Å². The normalized spacial score (nSPS) is 22.3. The van der Waals surface area contributed by atoms with Gasteiger partial charge in [-0.05, 0) is 26.7 Å². The van der Waals surface area contributed by atoms with Crippen LogP contribution in [0.25, 0.3) is 0 Å². The van der Waals surface area contributed by atoms with Crippen molar-refractivity contribution in [1.82, 2.24) is 20.5 Å². The fourth-order valence-corrected chi connectivity index (χ4v) is 3.46. The highest BCUT2D eigenvalue weighted by Crippen LogP contribution is 2.18. The van der Waals surface area contributed by atoms with E-state index in [2.05, 4.69) is 51.7 Å². The Morgan fingerprint density at radius 1 is 1.48 bits per heavy atom. The van der Waals surface area contributed by atoms with Crippen LogP contribution in [0.4, 0.5) is 0 Å². The summed E-state index contributed by atoms with van der Waals surface area (Å²) < 4.78 is 0. The molecule has 132 valence electrons. The number of aliphatic imine (C=N–C) groups is 1. The molecule has 2 unspecified atom stereocenters. The topological polar surface area (TPSA) is 52.6 Å². The Bertz CT molecular complexity index is 502. The highest BCUT2D eigenvalue weighted by Gasteiger charge is 2.31. The van der Waals surface area contributed by atoms with Crippen LogP contribution in [-0.4, -0.2) is 54.6 Å². The number of thiazole rings is 1. The second-order valence-electron chi connectivity index (χ2n) is 6.38. The maximum Gasteiger partial charge on any atom is 0.191 e. The summed E-state index contributed by atoms with van der Waals surface area (Å²) in [5, 5.41) is 10.2. The van der Waals surface area contributed by atoms with Gasteiger partial charge in [-0.15, -0.1) is 35.3 Å². The first-order valence-electron chi connectivity index (χ1n) is 8.11. The number of rotatable bonds is 5. The van der Waals surface area contributed by atoms with Crippen molar-refractivity contribution >= 4 is 41.3 Å². The number of hydrogen-bond donors (Lipinski definition) is 2. The number of likely N-dealkylation sites (tertiary alicyclic amines) is 1. The summed E-state index contributed by atoms with van der Waals surface area (Å²) >= 11 is 1.71. The lowest BCUT2D eigenvalue weighted by molar-refractivity contribution is 0.265. The average Bonchev–Trinajstić information content (AvgIpc) is 3.04. The summed E-state index contributed by atoms with van der Waals surface area (Å²) in [7, 11) is 1.84. The van der Waals surface area contributed by atoms with Gasteiger partial charge in [0.25, 0.3) is 0 Å². The van der Waals surface area contributed by atoms with Gasteiger partial charge in [-0.25, -0.2) is 4.98 Å². The highest BCUT2D eigenvalue weighted by molar-refractivity contribution is 14.0. The standard InChI is InChI=1S/C16H29N5S.HI/c1-11(2)21-8-12(3)15(9-21)20-16(17-5)18-7-6-14-10-22-13(4)19-14;/h10-12,15H,6-9H2,1-5H3,(H2,17,18,20);1H. The molecule has 0 aromatic carbocycles.